The minimum absolute atomic E-state index is 0.130. The van der Waals surface area contributed by atoms with E-state index in [1.54, 1.807) is 12.1 Å². The van der Waals surface area contributed by atoms with E-state index in [0.717, 1.165) is 31.5 Å². The Morgan fingerprint density at radius 2 is 1.79 bits per heavy atom. The van der Waals surface area contributed by atoms with Crippen LogP contribution in [-0.4, -0.2) is 37.6 Å². The van der Waals surface area contributed by atoms with E-state index in [0.29, 0.717) is 13.1 Å². The number of nitrogens with one attached hydrogen (secondary N) is 1. The van der Waals surface area contributed by atoms with E-state index in [-0.39, 0.29) is 12.1 Å². The van der Waals surface area contributed by atoms with Crippen LogP contribution >= 0.6 is 0 Å². The van der Waals surface area contributed by atoms with Crippen molar-refractivity contribution in [3.63, 3.8) is 0 Å². The highest BCUT2D eigenvalue weighted by Gasteiger charge is 2.34. The third-order valence-electron chi connectivity index (χ3n) is 3.55. The van der Waals surface area contributed by atoms with Gasteiger partial charge in [0.05, 0.1) is 6.54 Å². The molecule has 2 rings (SSSR count). The fourth-order valence-electron chi connectivity index (χ4n) is 2.45. The lowest BCUT2D eigenvalue weighted by molar-refractivity contribution is -0.0400. The van der Waals surface area contributed by atoms with Crippen LogP contribution in [0.5, 0.6) is 0 Å². The zero-order valence-electron chi connectivity index (χ0n) is 11.5. The monoisotopic (exact) mass is 268 g/mol. The Hall–Kier alpha value is -1.00. The molecule has 1 N–H and O–H groups in total. The van der Waals surface area contributed by atoms with E-state index in [2.05, 4.69) is 12.2 Å². The fourth-order valence-corrected chi connectivity index (χ4v) is 2.45. The highest BCUT2D eigenvalue weighted by Crippen LogP contribution is 2.29. The minimum atomic E-state index is -2.76. The smallest absolute Gasteiger partial charge is 0.285 e. The first kappa shape index (κ1) is 14.4. The summed E-state index contributed by atoms with van der Waals surface area (Å²) in [5.74, 6) is -2.76. The van der Waals surface area contributed by atoms with Crippen molar-refractivity contribution in [1.29, 1.82) is 0 Å². The van der Waals surface area contributed by atoms with Gasteiger partial charge < -0.3 is 5.32 Å². The summed E-state index contributed by atoms with van der Waals surface area (Å²) in [7, 11) is 0. The summed E-state index contributed by atoms with van der Waals surface area (Å²) >= 11 is 0. The fraction of sp³-hybridized carbons (Fsp3) is 0.600. The molecular formula is C15H22F2N2. The third kappa shape index (κ3) is 3.98. The topological polar surface area (TPSA) is 15.3 Å². The van der Waals surface area contributed by atoms with E-state index in [9.17, 15) is 8.78 Å². The van der Waals surface area contributed by atoms with Crippen molar-refractivity contribution in [2.45, 2.75) is 25.7 Å². The molecule has 0 saturated carbocycles. The largest absolute Gasteiger partial charge is 0.314 e. The van der Waals surface area contributed by atoms with Crippen LogP contribution in [0.2, 0.25) is 0 Å². The average molecular weight is 268 g/mol. The van der Waals surface area contributed by atoms with E-state index in [1.165, 1.54) is 0 Å². The van der Waals surface area contributed by atoms with Gasteiger partial charge in [-0.2, -0.15) is 8.78 Å². The molecule has 1 aromatic rings. The molecule has 1 heterocycles. The van der Waals surface area contributed by atoms with Gasteiger partial charge in [0.1, 0.15) is 0 Å². The molecule has 0 radical (unpaired) electrons. The van der Waals surface area contributed by atoms with Crippen molar-refractivity contribution < 1.29 is 8.78 Å². The molecule has 1 aromatic carbocycles. The molecule has 4 heteroatoms. The quantitative estimate of drug-likeness (QED) is 0.883. The Morgan fingerprint density at radius 1 is 1.16 bits per heavy atom. The van der Waals surface area contributed by atoms with E-state index in [1.807, 2.05) is 17.0 Å². The lowest BCUT2D eigenvalue weighted by atomic mass is 10.0. The van der Waals surface area contributed by atoms with Crippen molar-refractivity contribution in [2.75, 3.05) is 32.7 Å². The van der Waals surface area contributed by atoms with Crippen LogP contribution in [-0.2, 0) is 12.3 Å². The summed E-state index contributed by atoms with van der Waals surface area (Å²) in [5.41, 5.74) is 1.26. The van der Waals surface area contributed by atoms with Crippen molar-refractivity contribution in [3.8, 4) is 0 Å². The average Bonchev–Trinajstić information content (AvgIpc) is 2.40. The highest BCUT2D eigenvalue weighted by molar-refractivity contribution is 5.26. The summed E-state index contributed by atoms with van der Waals surface area (Å²) in [4.78, 5) is 1.83. The molecule has 1 saturated heterocycles. The molecule has 2 nitrogen and oxygen atoms in total. The number of nitrogens with zero attached hydrogens (tertiary/aromatic N) is 1. The standard InChI is InChI=1S/C15H22F2N2/c1-2-3-13-4-6-14(7-5-13)15(16,17)12-19-10-8-18-9-11-19/h4-7,18H,2-3,8-12H2,1H3. The molecule has 1 aliphatic rings. The molecule has 0 unspecified atom stereocenters. The zero-order chi connectivity index (χ0) is 13.7. The van der Waals surface area contributed by atoms with Crippen LogP contribution in [0.1, 0.15) is 24.5 Å². The first-order valence-corrected chi connectivity index (χ1v) is 7.02. The van der Waals surface area contributed by atoms with Gasteiger partial charge >= 0.3 is 0 Å². The minimum Gasteiger partial charge on any atom is -0.314 e. The first-order chi connectivity index (χ1) is 9.12. The van der Waals surface area contributed by atoms with Crippen molar-refractivity contribution in [2.24, 2.45) is 0 Å². The number of alkyl halides is 2. The second kappa shape index (κ2) is 6.44. The van der Waals surface area contributed by atoms with Crippen LogP contribution in [0.3, 0.4) is 0 Å². The number of hydrogen-bond donors (Lipinski definition) is 1. The number of benzene rings is 1. The molecule has 19 heavy (non-hydrogen) atoms. The molecule has 0 amide bonds. The molecule has 0 bridgehead atoms. The lowest BCUT2D eigenvalue weighted by Gasteiger charge is -2.30. The van der Waals surface area contributed by atoms with Gasteiger partial charge in [0.25, 0.3) is 5.92 Å². The molecule has 0 spiro atoms. The number of piperazine rings is 1. The Kier molecular flexibility index (Phi) is 4.88. The molecule has 0 aromatic heterocycles. The van der Waals surface area contributed by atoms with Crippen LogP contribution in [0.15, 0.2) is 24.3 Å². The predicted molar refractivity (Wildman–Crippen MR) is 73.6 cm³/mol. The first-order valence-electron chi connectivity index (χ1n) is 7.02. The van der Waals surface area contributed by atoms with Gasteiger partial charge in [-0.05, 0) is 12.0 Å². The maximum absolute atomic E-state index is 14.2. The Labute approximate surface area is 113 Å². The molecule has 0 atom stereocenters. The second-order valence-electron chi connectivity index (χ2n) is 5.18. The molecule has 1 aliphatic heterocycles. The van der Waals surface area contributed by atoms with E-state index in [4.69, 9.17) is 0 Å². The number of halogens is 2. The van der Waals surface area contributed by atoms with Crippen molar-refractivity contribution in [3.05, 3.63) is 35.4 Å². The van der Waals surface area contributed by atoms with Gasteiger partial charge in [-0.25, -0.2) is 0 Å². The molecule has 106 valence electrons. The Morgan fingerprint density at radius 3 is 2.37 bits per heavy atom. The maximum Gasteiger partial charge on any atom is 0.285 e. The van der Waals surface area contributed by atoms with Gasteiger partial charge in [-0.3, -0.25) is 4.90 Å². The van der Waals surface area contributed by atoms with Gasteiger partial charge in [0, 0.05) is 31.7 Å². The maximum atomic E-state index is 14.2. The summed E-state index contributed by atoms with van der Waals surface area (Å²) < 4.78 is 28.4. The second-order valence-corrected chi connectivity index (χ2v) is 5.18. The predicted octanol–water partition coefficient (Wildman–Crippen LogP) is 2.64. The molecule has 0 aliphatic carbocycles. The summed E-state index contributed by atoms with van der Waals surface area (Å²) in [6.07, 6.45) is 1.99. The highest BCUT2D eigenvalue weighted by atomic mass is 19.3. The summed E-state index contributed by atoms with van der Waals surface area (Å²) in [5, 5.41) is 3.18. The number of rotatable bonds is 5. The SMILES string of the molecule is CCCc1ccc(C(F)(F)CN2CCNCC2)cc1. The normalized spacial score (nSPS) is 17.6. The van der Waals surface area contributed by atoms with Gasteiger partial charge in [-0.15, -0.1) is 0 Å². The third-order valence-corrected chi connectivity index (χ3v) is 3.55. The van der Waals surface area contributed by atoms with E-state index >= 15 is 0 Å². The van der Waals surface area contributed by atoms with Gasteiger partial charge in [0.15, 0.2) is 0 Å². The Bertz CT molecular complexity index is 384. The van der Waals surface area contributed by atoms with Crippen LogP contribution in [0.25, 0.3) is 0 Å². The van der Waals surface area contributed by atoms with Crippen molar-refractivity contribution >= 4 is 0 Å². The van der Waals surface area contributed by atoms with Crippen molar-refractivity contribution in [1.82, 2.24) is 10.2 Å². The zero-order valence-corrected chi connectivity index (χ0v) is 11.5. The molecule has 1 fully saturated rings. The van der Waals surface area contributed by atoms with E-state index < -0.39 is 5.92 Å². The lowest BCUT2D eigenvalue weighted by Crippen LogP contribution is -2.47. The van der Waals surface area contributed by atoms with Crippen LogP contribution in [0.4, 0.5) is 8.78 Å². The Balaban J connectivity index is 2.00. The molecular weight excluding hydrogens is 246 g/mol. The van der Waals surface area contributed by atoms with Crippen LogP contribution < -0.4 is 5.32 Å². The summed E-state index contributed by atoms with van der Waals surface area (Å²) in [6.45, 7) is 4.90. The summed E-state index contributed by atoms with van der Waals surface area (Å²) in [6, 6.07) is 6.80. The van der Waals surface area contributed by atoms with Gasteiger partial charge in [0.2, 0.25) is 0 Å². The number of hydrogen-bond acceptors (Lipinski definition) is 2. The number of aryl methyl sites for hydroxylation is 1. The van der Waals surface area contributed by atoms with Crippen LogP contribution in [0, 0.1) is 0 Å². The van der Waals surface area contributed by atoms with Gasteiger partial charge in [-0.1, -0.05) is 37.6 Å².